The Bertz CT molecular complexity index is 913. The molecule has 0 fully saturated rings. The Morgan fingerprint density at radius 3 is 2.67 bits per heavy atom. The van der Waals surface area contributed by atoms with E-state index < -0.39 is 0 Å². The van der Waals surface area contributed by atoms with Gasteiger partial charge in [0.25, 0.3) is 0 Å². The van der Waals surface area contributed by atoms with Crippen LogP contribution in [0.1, 0.15) is 10.4 Å². The molecule has 1 aromatic carbocycles. The Morgan fingerprint density at radius 2 is 1.96 bits per heavy atom. The Labute approximate surface area is 150 Å². The van der Waals surface area contributed by atoms with Gasteiger partial charge in [0.1, 0.15) is 0 Å². The van der Waals surface area contributed by atoms with E-state index in [0.29, 0.717) is 17.1 Å². The number of benzene rings is 1. The Morgan fingerprint density at radius 1 is 1.12 bits per heavy atom. The zero-order chi connectivity index (χ0) is 15.6. The van der Waals surface area contributed by atoms with Crippen LogP contribution in [0, 0.1) is 6.92 Å². The molecule has 0 aliphatic carbocycles. The third-order valence-electron chi connectivity index (χ3n) is 3.72. The van der Waals surface area contributed by atoms with Crippen LogP contribution < -0.4 is 17.7 Å². The van der Waals surface area contributed by atoms with Gasteiger partial charge in [-0.2, -0.15) is 4.98 Å². The van der Waals surface area contributed by atoms with E-state index in [1.807, 2.05) is 36.4 Å². The minimum absolute atomic E-state index is 0. The number of hydrogen-bond donors (Lipinski definition) is 1. The molecule has 4 rings (SSSR count). The number of hydrogen-bond acceptors (Lipinski definition) is 5. The molecule has 1 N–H and O–H groups in total. The van der Waals surface area contributed by atoms with Crippen molar-refractivity contribution in [3.05, 3.63) is 64.5 Å². The van der Waals surface area contributed by atoms with Crippen LogP contribution in [-0.2, 0) is 6.54 Å². The second-order valence-corrected chi connectivity index (χ2v) is 6.30. The number of nitrogens with one attached hydrogen (secondary N) is 1. The van der Waals surface area contributed by atoms with Gasteiger partial charge in [-0.1, -0.05) is 0 Å². The molecule has 0 spiro atoms. The highest BCUT2D eigenvalue weighted by atomic mass is 35.5. The molecule has 0 aliphatic rings. The summed E-state index contributed by atoms with van der Waals surface area (Å²) in [5.41, 5.74) is 4.70. The summed E-state index contributed by atoms with van der Waals surface area (Å²) in [5.74, 6) is 0.597. The zero-order valence-electron chi connectivity index (χ0n) is 13.0. The smallest absolute Gasteiger partial charge is 0.228 e. The van der Waals surface area contributed by atoms with Crippen LogP contribution in [0.3, 0.4) is 0 Å². The van der Waals surface area contributed by atoms with E-state index in [4.69, 9.17) is 4.42 Å². The van der Waals surface area contributed by atoms with Crippen LogP contribution in [0.4, 0.5) is 5.69 Å². The van der Waals surface area contributed by atoms with Crippen LogP contribution in [0.25, 0.3) is 22.7 Å². The molecule has 0 amide bonds. The fraction of sp³-hybridized carbons (Fsp3) is 0.111. The summed E-state index contributed by atoms with van der Waals surface area (Å²) in [7, 11) is 0. The van der Waals surface area contributed by atoms with E-state index in [-0.39, 0.29) is 12.4 Å². The van der Waals surface area contributed by atoms with Gasteiger partial charge >= 0.3 is 0 Å². The molecule has 0 atom stereocenters. The van der Waals surface area contributed by atoms with E-state index in [0.717, 1.165) is 17.8 Å². The van der Waals surface area contributed by atoms with Crippen molar-refractivity contribution >= 4 is 28.3 Å². The minimum atomic E-state index is 0. The van der Waals surface area contributed by atoms with E-state index in [2.05, 4.69) is 33.7 Å². The molecule has 4 aromatic rings. The predicted molar refractivity (Wildman–Crippen MR) is 93.6 cm³/mol. The van der Waals surface area contributed by atoms with Crippen molar-refractivity contribution in [2.45, 2.75) is 13.5 Å². The van der Waals surface area contributed by atoms with Gasteiger partial charge in [0.05, 0.1) is 0 Å². The quantitative estimate of drug-likeness (QED) is 0.606. The van der Waals surface area contributed by atoms with E-state index in [1.54, 1.807) is 17.5 Å². The first-order valence-electron chi connectivity index (χ1n) is 7.38. The van der Waals surface area contributed by atoms with Gasteiger partial charge in [-0.3, -0.25) is 0 Å². The SMILES string of the molecule is Cc1ccsc1CNc1ccc(-c2nc3ncccc3o2)cc1.[Cl-]. The minimum Gasteiger partial charge on any atom is -1.00 e. The maximum atomic E-state index is 5.74. The highest BCUT2D eigenvalue weighted by Gasteiger charge is 2.08. The normalized spacial score (nSPS) is 10.5. The summed E-state index contributed by atoms with van der Waals surface area (Å²) in [6.07, 6.45) is 1.72. The summed E-state index contributed by atoms with van der Waals surface area (Å²) in [5, 5.41) is 5.56. The van der Waals surface area contributed by atoms with Gasteiger partial charge in [-0.15, -0.1) is 11.3 Å². The number of oxazole rings is 1. The highest BCUT2D eigenvalue weighted by molar-refractivity contribution is 7.10. The molecule has 0 unspecified atom stereocenters. The van der Waals surface area contributed by atoms with Crippen molar-refractivity contribution in [1.29, 1.82) is 0 Å². The van der Waals surface area contributed by atoms with Crippen molar-refractivity contribution in [2.24, 2.45) is 0 Å². The Balaban J connectivity index is 0.00000169. The fourth-order valence-corrected chi connectivity index (χ4v) is 3.24. The lowest BCUT2D eigenvalue weighted by molar-refractivity contribution is -0.00000518. The number of pyridine rings is 1. The average Bonchev–Trinajstić information content (AvgIpc) is 3.19. The number of rotatable bonds is 4. The lowest BCUT2D eigenvalue weighted by Crippen LogP contribution is -3.00. The molecule has 0 saturated heterocycles. The zero-order valence-corrected chi connectivity index (χ0v) is 14.6. The number of nitrogens with zero attached hydrogens (tertiary/aromatic N) is 2. The largest absolute Gasteiger partial charge is 1.00 e. The number of aryl methyl sites for hydroxylation is 1. The molecule has 24 heavy (non-hydrogen) atoms. The van der Waals surface area contributed by atoms with Gasteiger partial charge in [-0.25, -0.2) is 4.98 Å². The third-order valence-corrected chi connectivity index (χ3v) is 4.74. The molecular formula is C18H15ClN3OS-. The van der Waals surface area contributed by atoms with Crippen molar-refractivity contribution in [1.82, 2.24) is 9.97 Å². The van der Waals surface area contributed by atoms with Crippen LogP contribution >= 0.6 is 11.3 Å². The van der Waals surface area contributed by atoms with E-state index in [1.165, 1.54) is 10.4 Å². The van der Waals surface area contributed by atoms with E-state index >= 15 is 0 Å². The summed E-state index contributed by atoms with van der Waals surface area (Å²) in [6, 6.07) is 14.0. The van der Waals surface area contributed by atoms with Crippen LogP contribution in [0.5, 0.6) is 0 Å². The van der Waals surface area contributed by atoms with Crippen molar-refractivity contribution in [2.75, 3.05) is 5.32 Å². The molecular weight excluding hydrogens is 342 g/mol. The monoisotopic (exact) mass is 356 g/mol. The number of fused-ring (bicyclic) bond motifs is 1. The summed E-state index contributed by atoms with van der Waals surface area (Å²) < 4.78 is 5.74. The summed E-state index contributed by atoms with van der Waals surface area (Å²) in [4.78, 5) is 9.97. The lowest BCUT2D eigenvalue weighted by atomic mass is 10.2. The van der Waals surface area contributed by atoms with Crippen molar-refractivity contribution in [3.8, 4) is 11.5 Å². The predicted octanol–water partition coefficient (Wildman–Crippen LogP) is 1.88. The Kier molecular flexibility index (Phi) is 4.83. The fourth-order valence-electron chi connectivity index (χ4n) is 2.39. The first-order valence-corrected chi connectivity index (χ1v) is 8.26. The van der Waals surface area contributed by atoms with E-state index in [9.17, 15) is 0 Å². The molecule has 0 saturated carbocycles. The number of thiophene rings is 1. The van der Waals surface area contributed by atoms with Crippen LogP contribution in [0.15, 0.2) is 58.5 Å². The topological polar surface area (TPSA) is 51.0 Å². The number of aromatic nitrogens is 2. The van der Waals surface area contributed by atoms with Gasteiger partial charge < -0.3 is 22.1 Å². The van der Waals surface area contributed by atoms with Gasteiger partial charge in [0, 0.05) is 28.9 Å². The second kappa shape index (κ2) is 7.03. The summed E-state index contributed by atoms with van der Waals surface area (Å²) in [6.45, 7) is 2.98. The molecule has 0 radical (unpaired) electrons. The van der Waals surface area contributed by atoms with Crippen LogP contribution in [-0.4, -0.2) is 9.97 Å². The average molecular weight is 357 g/mol. The maximum Gasteiger partial charge on any atom is 0.228 e. The van der Waals surface area contributed by atoms with Crippen LogP contribution in [0.2, 0.25) is 0 Å². The summed E-state index contributed by atoms with van der Waals surface area (Å²) >= 11 is 1.78. The third kappa shape index (κ3) is 3.27. The lowest BCUT2D eigenvalue weighted by Gasteiger charge is -2.06. The first-order chi connectivity index (χ1) is 11.3. The first kappa shape index (κ1) is 16.5. The number of anilines is 1. The van der Waals surface area contributed by atoms with Gasteiger partial charge in [0.2, 0.25) is 5.89 Å². The number of halogens is 1. The second-order valence-electron chi connectivity index (χ2n) is 5.30. The molecule has 0 aliphatic heterocycles. The van der Waals surface area contributed by atoms with Crippen molar-refractivity contribution < 1.29 is 16.8 Å². The van der Waals surface area contributed by atoms with Gasteiger partial charge in [0.15, 0.2) is 11.2 Å². The molecule has 0 bridgehead atoms. The maximum absolute atomic E-state index is 5.74. The van der Waals surface area contributed by atoms with Crippen molar-refractivity contribution in [3.63, 3.8) is 0 Å². The molecule has 4 nitrogen and oxygen atoms in total. The molecule has 3 heterocycles. The van der Waals surface area contributed by atoms with Gasteiger partial charge in [-0.05, 0) is 60.3 Å². The highest BCUT2D eigenvalue weighted by Crippen LogP contribution is 2.25. The Hall–Kier alpha value is -2.37. The standard InChI is InChI=1S/C18H15N3OS.ClH/c1-12-8-10-23-16(12)11-20-14-6-4-13(5-7-14)18-21-17-15(22-18)3-2-9-19-17;/h2-10,20H,11H2,1H3;1H/p-1. The molecule has 6 heteroatoms. The molecule has 122 valence electrons. The molecule has 3 aromatic heterocycles.